The molecule has 0 unspecified atom stereocenters. The Morgan fingerprint density at radius 3 is 2.25 bits per heavy atom. The Hall–Kier alpha value is -0.950. The molecule has 1 heterocycles. The summed E-state index contributed by atoms with van der Waals surface area (Å²) in [6, 6.07) is 7.04. The fourth-order valence-corrected chi connectivity index (χ4v) is 2.56. The monoisotopic (exact) mass is 299 g/mol. The van der Waals surface area contributed by atoms with Crippen LogP contribution < -0.4 is 5.32 Å². The summed E-state index contributed by atoms with van der Waals surface area (Å²) in [5.74, 6) is -0.505. The Balaban J connectivity index is 1.86. The van der Waals surface area contributed by atoms with Gasteiger partial charge in [-0.2, -0.15) is 0 Å². The summed E-state index contributed by atoms with van der Waals surface area (Å²) in [5.41, 5.74) is 1.03. The molecule has 1 N–H and O–H groups in total. The van der Waals surface area contributed by atoms with Crippen molar-refractivity contribution >= 4 is 9.84 Å². The van der Waals surface area contributed by atoms with Crippen LogP contribution in [-0.2, 0) is 25.9 Å². The van der Waals surface area contributed by atoms with Crippen molar-refractivity contribution in [1.82, 2.24) is 5.32 Å². The van der Waals surface area contributed by atoms with Gasteiger partial charge in [-0.3, -0.25) is 0 Å². The number of nitrogens with one attached hydrogen (secondary N) is 1. The molecule has 0 spiro atoms. The summed E-state index contributed by atoms with van der Waals surface area (Å²) in [7, 11) is -3.13. The first-order valence-electron chi connectivity index (χ1n) is 6.56. The van der Waals surface area contributed by atoms with Crippen LogP contribution in [0.4, 0.5) is 0 Å². The topological polar surface area (TPSA) is 64.6 Å². The number of hydrogen-bond acceptors (Lipinski definition) is 5. The molecular weight excluding hydrogens is 278 g/mol. The van der Waals surface area contributed by atoms with Crippen molar-refractivity contribution < 1.29 is 17.9 Å². The minimum absolute atomic E-state index is 0.151. The molecule has 5 nitrogen and oxygen atoms in total. The molecule has 1 aromatic carbocycles. The Labute approximate surface area is 120 Å². The highest BCUT2D eigenvalue weighted by molar-refractivity contribution is 7.90. The van der Waals surface area contributed by atoms with Gasteiger partial charge in [0.15, 0.2) is 15.6 Å². The predicted molar refractivity (Wildman–Crippen MR) is 76.2 cm³/mol. The molecule has 0 atom stereocenters. The summed E-state index contributed by atoms with van der Waals surface area (Å²) in [6.45, 7) is 5.66. The molecule has 6 heteroatoms. The Bertz CT molecular complexity index is 541. The normalized spacial score (nSPS) is 19.9. The average Bonchev–Trinajstić information content (AvgIpc) is 2.37. The van der Waals surface area contributed by atoms with Crippen LogP contribution >= 0.6 is 0 Å². The fraction of sp³-hybridized carbons (Fsp3) is 0.571. The number of sulfone groups is 1. The van der Waals surface area contributed by atoms with E-state index in [-0.39, 0.29) is 6.04 Å². The lowest BCUT2D eigenvalue weighted by Crippen LogP contribution is -2.48. The second-order valence-electron chi connectivity index (χ2n) is 5.52. The van der Waals surface area contributed by atoms with Crippen molar-refractivity contribution in [2.24, 2.45) is 0 Å². The molecule has 0 bridgehead atoms. The van der Waals surface area contributed by atoms with Gasteiger partial charge in [-0.1, -0.05) is 12.1 Å². The summed E-state index contributed by atoms with van der Waals surface area (Å²) in [5, 5.41) is 3.33. The van der Waals surface area contributed by atoms with Gasteiger partial charge in [-0.25, -0.2) is 8.42 Å². The van der Waals surface area contributed by atoms with Crippen molar-refractivity contribution in [2.75, 3.05) is 19.5 Å². The lowest BCUT2D eigenvalue weighted by molar-refractivity contribution is -0.253. The number of ether oxygens (including phenoxy) is 2. The molecule has 1 saturated heterocycles. The second-order valence-corrected chi connectivity index (χ2v) is 7.53. The summed E-state index contributed by atoms with van der Waals surface area (Å²) in [4.78, 5) is 0.340. The fourth-order valence-electron chi connectivity index (χ4n) is 1.93. The van der Waals surface area contributed by atoms with Gasteiger partial charge >= 0.3 is 0 Å². The van der Waals surface area contributed by atoms with E-state index in [1.165, 1.54) is 6.26 Å². The summed E-state index contributed by atoms with van der Waals surface area (Å²) < 4.78 is 33.9. The lowest BCUT2D eigenvalue weighted by Gasteiger charge is -2.35. The largest absolute Gasteiger partial charge is 0.349 e. The van der Waals surface area contributed by atoms with Crippen LogP contribution in [0.15, 0.2) is 29.2 Å². The highest BCUT2D eigenvalue weighted by Crippen LogP contribution is 2.17. The van der Waals surface area contributed by atoms with E-state index in [2.05, 4.69) is 5.32 Å². The van der Waals surface area contributed by atoms with Crippen molar-refractivity contribution in [3.8, 4) is 0 Å². The molecule has 0 amide bonds. The number of hydrogen-bond donors (Lipinski definition) is 1. The third-order valence-corrected chi connectivity index (χ3v) is 4.34. The molecule has 112 valence electrons. The molecule has 1 aliphatic heterocycles. The minimum atomic E-state index is -3.13. The van der Waals surface area contributed by atoms with E-state index in [0.29, 0.717) is 24.7 Å². The Morgan fingerprint density at radius 1 is 1.20 bits per heavy atom. The third-order valence-electron chi connectivity index (χ3n) is 3.21. The highest BCUT2D eigenvalue weighted by atomic mass is 32.2. The van der Waals surface area contributed by atoms with Gasteiger partial charge in [0.1, 0.15) is 0 Å². The maximum Gasteiger partial charge on any atom is 0.175 e. The number of benzene rings is 1. The lowest BCUT2D eigenvalue weighted by atomic mass is 10.2. The molecule has 0 aliphatic carbocycles. The van der Waals surface area contributed by atoms with E-state index in [1.807, 2.05) is 26.0 Å². The molecule has 0 aromatic heterocycles. The first-order valence-corrected chi connectivity index (χ1v) is 8.46. The average molecular weight is 299 g/mol. The Kier molecular flexibility index (Phi) is 4.49. The van der Waals surface area contributed by atoms with Crippen molar-refractivity contribution in [3.05, 3.63) is 29.8 Å². The van der Waals surface area contributed by atoms with Gasteiger partial charge in [0.2, 0.25) is 0 Å². The van der Waals surface area contributed by atoms with Crippen LogP contribution in [0.3, 0.4) is 0 Å². The molecule has 20 heavy (non-hydrogen) atoms. The van der Waals surface area contributed by atoms with Crippen LogP contribution in [0.5, 0.6) is 0 Å². The van der Waals surface area contributed by atoms with Gasteiger partial charge < -0.3 is 14.8 Å². The van der Waals surface area contributed by atoms with Crippen molar-refractivity contribution in [2.45, 2.75) is 37.1 Å². The van der Waals surface area contributed by atoms with E-state index in [4.69, 9.17) is 9.47 Å². The molecule has 0 radical (unpaired) electrons. The highest BCUT2D eigenvalue weighted by Gasteiger charge is 2.27. The molecule has 1 aliphatic rings. The van der Waals surface area contributed by atoms with E-state index >= 15 is 0 Å². The third kappa shape index (κ3) is 4.28. The predicted octanol–water partition coefficient (Wildman–Crippen LogP) is 1.33. The standard InChI is InChI=1S/C14H21NO4S/c1-14(2)18-9-12(10-19-14)15-8-11-4-6-13(7-5-11)20(3,16)17/h4-7,12,15H,8-10H2,1-3H3. The van der Waals surface area contributed by atoms with Gasteiger partial charge in [-0.05, 0) is 31.5 Å². The minimum Gasteiger partial charge on any atom is -0.349 e. The van der Waals surface area contributed by atoms with Crippen LogP contribution in [0.1, 0.15) is 19.4 Å². The molecule has 1 fully saturated rings. The van der Waals surface area contributed by atoms with E-state index in [0.717, 1.165) is 5.56 Å². The van der Waals surface area contributed by atoms with Crippen LogP contribution in [0, 0.1) is 0 Å². The van der Waals surface area contributed by atoms with Gasteiger partial charge in [0, 0.05) is 12.8 Å². The molecule has 1 aromatic rings. The van der Waals surface area contributed by atoms with Gasteiger partial charge in [-0.15, -0.1) is 0 Å². The first-order chi connectivity index (χ1) is 9.26. The van der Waals surface area contributed by atoms with Gasteiger partial charge in [0.25, 0.3) is 0 Å². The van der Waals surface area contributed by atoms with E-state index < -0.39 is 15.6 Å². The zero-order chi connectivity index (χ0) is 14.8. The smallest absolute Gasteiger partial charge is 0.175 e. The SMILES string of the molecule is CC1(C)OCC(NCc2ccc(S(C)(=O)=O)cc2)CO1. The van der Waals surface area contributed by atoms with Crippen LogP contribution in [0.25, 0.3) is 0 Å². The maximum absolute atomic E-state index is 11.4. The molecular formula is C14H21NO4S. The maximum atomic E-state index is 11.4. The summed E-state index contributed by atoms with van der Waals surface area (Å²) >= 11 is 0. The van der Waals surface area contributed by atoms with E-state index in [9.17, 15) is 8.42 Å². The van der Waals surface area contributed by atoms with Crippen LogP contribution in [-0.4, -0.2) is 39.7 Å². The zero-order valence-electron chi connectivity index (χ0n) is 12.0. The first kappa shape index (κ1) is 15.4. The second kappa shape index (κ2) is 5.81. The van der Waals surface area contributed by atoms with Crippen molar-refractivity contribution in [3.63, 3.8) is 0 Å². The molecule has 2 rings (SSSR count). The van der Waals surface area contributed by atoms with Gasteiger partial charge in [0.05, 0.1) is 24.2 Å². The Morgan fingerprint density at radius 2 is 1.75 bits per heavy atom. The molecule has 0 saturated carbocycles. The van der Waals surface area contributed by atoms with Crippen LogP contribution in [0.2, 0.25) is 0 Å². The summed E-state index contributed by atoms with van der Waals surface area (Å²) in [6.07, 6.45) is 1.21. The zero-order valence-corrected chi connectivity index (χ0v) is 12.9. The van der Waals surface area contributed by atoms with Crippen molar-refractivity contribution in [1.29, 1.82) is 0 Å². The van der Waals surface area contributed by atoms with E-state index in [1.54, 1.807) is 12.1 Å². The number of rotatable bonds is 4. The quantitative estimate of drug-likeness (QED) is 0.908.